The van der Waals surface area contributed by atoms with Gasteiger partial charge in [-0.3, -0.25) is 19.2 Å². The van der Waals surface area contributed by atoms with Crippen LogP contribution >= 0.6 is 0 Å². The Bertz CT molecular complexity index is 1070. The zero-order valence-electron chi connectivity index (χ0n) is 20.6. The molecule has 0 aromatic heterocycles. The van der Waals surface area contributed by atoms with Crippen LogP contribution in [0, 0.1) is 29.6 Å². The summed E-state index contributed by atoms with van der Waals surface area (Å²) in [5.74, 6) is -11.7. The summed E-state index contributed by atoms with van der Waals surface area (Å²) >= 11 is 0. The molecule has 2 aromatic carbocycles. The molecule has 0 radical (unpaired) electrons. The van der Waals surface area contributed by atoms with Gasteiger partial charge in [-0.15, -0.1) is 0 Å². The van der Waals surface area contributed by atoms with Gasteiger partial charge in [0.1, 0.15) is 0 Å². The lowest BCUT2D eigenvalue weighted by Crippen LogP contribution is -2.62. The molecule has 0 heterocycles. The van der Waals surface area contributed by atoms with E-state index in [-0.39, 0.29) is 19.0 Å². The number of aliphatic carboxylic acids is 3. The first-order valence-electron chi connectivity index (χ1n) is 12.3. The van der Waals surface area contributed by atoms with Gasteiger partial charge in [-0.25, -0.2) is 0 Å². The van der Waals surface area contributed by atoms with Crippen LogP contribution in [-0.2, 0) is 32.1 Å². The number of rotatable bonds is 13. The van der Waals surface area contributed by atoms with Gasteiger partial charge in [-0.2, -0.15) is 0 Å². The summed E-state index contributed by atoms with van der Waals surface area (Å²) in [4.78, 5) is 50.2. The smallest absolute Gasteiger partial charge is 0.308 e. The van der Waals surface area contributed by atoms with Crippen LogP contribution in [-0.4, -0.2) is 61.8 Å². The summed E-state index contributed by atoms with van der Waals surface area (Å²) in [6.45, 7) is 2.22. The molecule has 1 amide bonds. The van der Waals surface area contributed by atoms with E-state index < -0.39 is 53.6 Å². The molecular formula is C28H33NO8. The molecule has 0 spiro atoms. The third-order valence-electron chi connectivity index (χ3n) is 7.20. The highest BCUT2D eigenvalue weighted by molar-refractivity contribution is 5.98. The van der Waals surface area contributed by atoms with Gasteiger partial charge in [-0.1, -0.05) is 67.6 Å². The van der Waals surface area contributed by atoms with Gasteiger partial charge in [0.05, 0.1) is 29.8 Å². The van der Waals surface area contributed by atoms with Crippen LogP contribution in [0.1, 0.15) is 30.9 Å². The summed E-state index contributed by atoms with van der Waals surface area (Å²) in [5, 5.41) is 39.3. The normalized spacial score (nSPS) is 22.3. The van der Waals surface area contributed by atoms with Gasteiger partial charge in [0.15, 0.2) is 0 Å². The Morgan fingerprint density at radius 2 is 1.22 bits per heavy atom. The number of carbonyl (C=O) groups excluding carboxylic acids is 1. The van der Waals surface area contributed by atoms with Gasteiger partial charge in [-0.05, 0) is 36.3 Å². The Hall–Kier alpha value is -3.72. The minimum atomic E-state index is -1.68. The van der Waals surface area contributed by atoms with Crippen LogP contribution in [0.15, 0.2) is 60.7 Å². The second-order valence-corrected chi connectivity index (χ2v) is 9.74. The number of nitrogens with zero attached hydrogens (tertiary/aromatic N) is 1. The SMILES string of the molecule is C[C@@H](Cc1ccccc1)[C@@H](O)CCCN(Cc1ccccc1)C(=O)C1[C@@H](C(=O)O)C(C(=O)O)[C@@H]1C(=O)O. The summed E-state index contributed by atoms with van der Waals surface area (Å²) in [6, 6.07) is 18.8. The molecule has 4 atom stereocenters. The average molecular weight is 512 g/mol. The van der Waals surface area contributed by atoms with Crippen molar-refractivity contribution in [3.05, 3.63) is 71.8 Å². The average Bonchev–Trinajstić information content (AvgIpc) is 2.83. The van der Waals surface area contributed by atoms with Gasteiger partial charge in [0, 0.05) is 13.1 Å². The van der Waals surface area contributed by atoms with Crippen molar-refractivity contribution in [3.8, 4) is 0 Å². The van der Waals surface area contributed by atoms with E-state index in [0.29, 0.717) is 19.3 Å². The Labute approximate surface area is 215 Å². The second-order valence-electron chi connectivity index (χ2n) is 9.74. The highest BCUT2D eigenvalue weighted by Crippen LogP contribution is 2.48. The quantitative estimate of drug-likeness (QED) is 0.320. The summed E-state index contributed by atoms with van der Waals surface area (Å²) in [5.41, 5.74) is 1.87. The molecule has 1 saturated carbocycles. The maximum atomic E-state index is 13.5. The molecule has 9 heteroatoms. The van der Waals surface area contributed by atoms with Crippen molar-refractivity contribution in [3.63, 3.8) is 0 Å². The zero-order chi connectivity index (χ0) is 27.1. The highest BCUT2D eigenvalue weighted by Gasteiger charge is 2.64. The molecular weight excluding hydrogens is 478 g/mol. The zero-order valence-corrected chi connectivity index (χ0v) is 20.6. The molecule has 4 N–H and O–H groups in total. The number of aliphatic hydroxyl groups excluding tert-OH is 1. The fourth-order valence-electron chi connectivity index (χ4n) is 5.16. The third-order valence-corrected chi connectivity index (χ3v) is 7.20. The molecule has 0 aliphatic heterocycles. The molecule has 0 saturated heterocycles. The number of aliphatic hydroxyl groups is 1. The van der Waals surface area contributed by atoms with Crippen molar-refractivity contribution in [1.29, 1.82) is 0 Å². The van der Waals surface area contributed by atoms with Crippen molar-refractivity contribution in [2.45, 2.75) is 38.8 Å². The van der Waals surface area contributed by atoms with Crippen molar-refractivity contribution in [1.82, 2.24) is 4.90 Å². The lowest BCUT2D eigenvalue weighted by molar-refractivity contribution is -0.189. The number of benzene rings is 2. The summed E-state index contributed by atoms with van der Waals surface area (Å²) < 4.78 is 0. The Morgan fingerprint density at radius 1 is 0.757 bits per heavy atom. The predicted molar refractivity (Wildman–Crippen MR) is 133 cm³/mol. The van der Waals surface area contributed by atoms with Gasteiger partial charge >= 0.3 is 17.9 Å². The van der Waals surface area contributed by atoms with Gasteiger partial charge in [0.25, 0.3) is 0 Å². The lowest BCUT2D eigenvalue weighted by atomic mass is 9.56. The monoisotopic (exact) mass is 511 g/mol. The molecule has 0 bridgehead atoms. The molecule has 3 rings (SSSR count). The first-order chi connectivity index (χ1) is 17.6. The molecule has 37 heavy (non-hydrogen) atoms. The van der Waals surface area contributed by atoms with Crippen LogP contribution in [0.25, 0.3) is 0 Å². The van der Waals surface area contributed by atoms with Crippen molar-refractivity contribution < 1.29 is 39.6 Å². The van der Waals surface area contributed by atoms with Crippen LogP contribution in [0.3, 0.4) is 0 Å². The Balaban J connectivity index is 1.73. The largest absolute Gasteiger partial charge is 0.481 e. The fourth-order valence-corrected chi connectivity index (χ4v) is 5.16. The number of amides is 1. The van der Waals surface area contributed by atoms with E-state index in [4.69, 9.17) is 0 Å². The second kappa shape index (κ2) is 12.5. The molecule has 1 fully saturated rings. The van der Waals surface area contributed by atoms with E-state index in [1.807, 2.05) is 43.3 Å². The number of carboxylic acids is 3. The standard InChI is InChI=1S/C28H33NO8/c1-17(15-18-9-4-2-5-10-18)20(30)13-8-14-29(16-19-11-6-3-7-12-19)25(31)21-22(26(32)33)24(28(36)37)23(21)27(34)35/h2-7,9-12,17,20-24,30H,8,13-16H2,1H3,(H,32,33)(H,34,35)(H,36,37)/t17-,20-,21?,22+,23+,24?/m0/s1. The molecule has 2 aromatic rings. The molecule has 0 unspecified atom stereocenters. The first-order valence-corrected chi connectivity index (χ1v) is 12.3. The van der Waals surface area contributed by atoms with E-state index in [1.165, 1.54) is 4.90 Å². The lowest BCUT2D eigenvalue weighted by Gasteiger charge is -2.45. The summed E-state index contributed by atoms with van der Waals surface area (Å²) in [7, 11) is 0. The minimum Gasteiger partial charge on any atom is -0.481 e. The Morgan fingerprint density at radius 3 is 1.70 bits per heavy atom. The predicted octanol–water partition coefficient (Wildman–Crippen LogP) is 2.77. The fraction of sp³-hybridized carbons (Fsp3) is 0.429. The number of carbonyl (C=O) groups is 4. The van der Waals surface area contributed by atoms with E-state index in [1.54, 1.807) is 24.3 Å². The number of hydrogen-bond acceptors (Lipinski definition) is 5. The molecule has 198 valence electrons. The van der Waals surface area contributed by atoms with Crippen molar-refractivity contribution in [2.75, 3.05) is 6.54 Å². The minimum absolute atomic E-state index is 0.0311. The van der Waals surface area contributed by atoms with Crippen molar-refractivity contribution in [2.24, 2.45) is 29.6 Å². The van der Waals surface area contributed by atoms with E-state index in [0.717, 1.165) is 11.1 Å². The first kappa shape index (κ1) is 27.9. The van der Waals surface area contributed by atoms with E-state index in [2.05, 4.69) is 0 Å². The highest BCUT2D eigenvalue weighted by atomic mass is 16.4. The van der Waals surface area contributed by atoms with Crippen molar-refractivity contribution >= 4 is 23.8 Å². The molecule has 9 nitrogen and oxygen atoms in total. The van der Waals surface area contributed by atoms with Crippen LogP contribution in [0.2, 0.25) is 0 Å². The topological polar surface area (TPSA) is 152 Å². The molecule has 1 aliphatic carbocycles. The van der Waals surface area contributed by atoms with Gasteiger partial charge in [0.2, 0.25) is 5.91 Å². The van der Waals surface area contributed by atoms with E-state index in [9.17, 15) is 39.6 Å². The number of hydrogen-bond donors (Lipinski definition) is 4. The maximum absolute atomic E-state index is 13.5. The van der Waals surface area contributed by atoms with Crippen LogP contribution in [0.5, 0.6) is 0 Å². The van der Waals surface area contributed by atoms with Gasteiger partial charge < -0.3 is 25.3 Å². The van der Waals surface area contributed by atoms with E-state index >= 15 is 0 Å². The summed E-state index contributed by atoms with van der Waals surface area (Å²) in [6.07, 6.45) is 0.851. The third kappa shape index (κ3) is 6.74. The van der Waals surface area contributed by atoms with Crippen LogP contribution < -0.4 is 0 Å². The number of carboxylic acid groups (broad SMARTS) is 3. The van der Waals surface area contributed by atoms with Crippen LogP contribution in [0.4, 0.5) is 0 Å². The maximum Gasteiger partial charge on any atom is 0.308 e. The molecule has 1 aliphatic rings. The Kier molecular flexibility index (Phi) is 9.41.